The molecule has 1 unspecified atom stereocenters. The lowest BCUT2D eigenvalue weighted by molar-refractivity contribution is 0.611. The lowest BCUT2D eigenvalue weighted by atomic mass is 10.2. The highest BCUT2D eigenvalue weighted by Crippen LogP contribution is 2.15. The first-order chi connectivity index (χ1) is 7.19. The van der Waals surface area contributed by atoms with Crippen molar-refractivity contribution < 1.29 is 0 Å². The number of halogens is 1. The van der Waals surface area contributed by atoms with E-state index in [0.29, 0.717) is 11.9 Å². The smallest absolute Gasteiger partial charge is 0.128 e. The second kappa shape index (κ2) is 5.96. The summed E-state index contributed by atoms with van der Waals surface area (Å²) in [5.74, 6) is 1.48. The van der Waals surface area contributed by atoms with Gasteiger partial charge in [-0.2, -0.15) is 0 Å². The average molecular weight is 227 g/mol. The van der Waals surface area contributed by atoms with E-state index < -0.39 is 0 Å². The predicted molar refractivity (Wildman–Crippen MR) is 66.6 cm³/mol. The van der Waals surface area contributed by atoms with Crippen LogP contribution in [0.2, 0.25) is 0 Å². The van der Waals surface area contributed by atoms with Gasteiger partial charge < -0.3 is 4.90 Å². The Morgan fingerprint density at radius 1 is 1.47 bits per heavy atom. The van der Waals surface area contributed by atoms with Crippen LogP contribution in [0.3, 0.4) is 0 Å². The molecule has 0 spiro atoms. The maximum absolute atomic E-state index is 5.76. The number of pyridine rings is 1. The van der Waals surface area contributed by atoms with Crippen LogP contribution in [0.5, 0.6) is 0 Å². The summed E-state index contributed by atoms with van der Waals surface area (Å²) in [6, 6.07) is 6.51. The summed E-state index contributed by atoms with van der Waals surface area (Å²) in [5, 5.41) is 0. The Balaban J connectivity index is 2.76. The summed E-state index contributed by atoms with van der Waals surface area (Å²) >= 11 is 5.76. The lowest BCUT2D eigenvalue weighted by Crippen LogP contribution is -2.29. The molecule has 1 rings (SSSR count). The largest absolute Gasteiger partial charge is 0.357 e. The van der Waals surface area contributed by atoms with Gasteiger partial charge in [-0.15, -0.1) is 11.6 Å². The first kappa shape index (κ1) is 12.3. The molecule has 0 fully saturated rings. The van der Waals surface area contributed by atoms with Crippen molar-refractivity contribution in [3.63, 3.8) is 0 Å². The van der Waals surface area contributed by atoms with Gasteiger partial charge in [-0.25, -0.2) is 4.98 Å². The maximum atomic E-state index is 5.76. The van der Waals surface area contributed by atoms with Crippen LogP contribution < -0.4 is 4.90 Å². The van der Waals surface area contributed by atoms with Crippen LogP contribution in [0, 0.1) is 0 Å². The van der Waals surface area contributed by atoms with Crippen LogP contribution in [0.4, 0.5) is 5.82 Å². The molecule has 0 saturated heterocycles. The quantitative estimate of drug-likeness (QED) is 0.715. The first-order valence-corrected chi connectivity index (χ1v) is 5.97. The number of hydrogen-bond donors (Lipinski definition) is 0. The van der Waals surface area contributed by atoms with E-state index in [1.165, 1.54) is 12.8 Å². The van der Waals surface area contributed by atoms with Gasteiger partial charge in [-0.3, -0.25) is 0 Å². The summed E-state index contributed by atoms with van der Waals surface area (Å²) in [6.45, 7) is 4.42. The zero-order chi connectivity index (χ0) is 11.3. The number of anilines is 1. The summed E-state index contributed by atoms with van der Waals surface area (Å²) in [4.78, 5) is 6.70. The molecule has 0 N–H and O–H groups in total. The van der Waals surface area contributed by atoms with Gasteiger partial charge in [-0.05, 0) is 25.5 Å². The zero-order valence-corrected chi connectivity index (χ0v) is 10.5. The van der Waals surface area contributed by atoms with Crippen molar-refractivity contribution in [3.05, 3.63) is 23.9 Å². The van der Waals surface area contributed by atoms with E-state index >= 15 is 0 Å². The fourth-order valence-electron chi connectivity index (χ4n) is 1.58. The molecule has 3 heteroatoms. The highest BCUT2D eigenvalue weighted by Gasteiger charge is 2.10. The van der Waals surface area contributed by atoms with Crippen LogP contribution >= 0.6 is 11.6 Å². The molecule has 1 atom stereocenters. The minimum absolute atomic E-state index is 0.476. The van der Waals surface area contributed by atoms with E-state index in [4.69, 9.17) is 11.6 Å². The standard InChI is InChI=1S/C12H19ClN2/c1-4-6-10(2)15(3)12-8-5-7-11(9-13)14-12/h5,7-8,10H,4,6,9H2,1-3H3. The molecule has 1 heterocycles. The minimum atomic E-state index is 0.476. The van der Waals surface area contributed by atoms with E-state index in [9.17, 15) is 0 Å². The van der Waals surface area contributed by atoms with Gasteiger partial charge in [-0.1, -0.05) is 19.4 Å². The first-order valence-electron chi connectivity index (χ1n) is 5.43. The van der Waals surface area contributed by atoms with Crippen molar-refractivity contribution in [1.29, 1.82) is 0 Å². The number of hydrogen-bond acceptors (Lipinski definition) is 2. The fraction of sp³-hybridized carbons (Fsp3) is 0.583. The van der Waals surface area contributed by atoms with Gasteiger partial charge >= 0.3 is 0 Å². The van der Waals surface area contributed by atoms with E-state index in [1.807, 2.05) is 18.2 Å². The number of alkyl halides is 1. The molecular weight excluding hydrogens is 208 g/mol. The number of aromatic nitrogens is 1. The highest BCUT2D eigenvalue weighted by molar-refractivity contribution is 6.16. The molecule has 0 aliphatic heterocycles. The highest BCUT2D eigenvalue weighted by atomic mass is 35.5. The molecular formula is C12H19ClN2. The Labute approximate surface area is 97.3 Å². The van der Waals surface area contributed by atoms with Gasteiger partial charge in [0.05, 0.1) is 11.6 Å². The molecule has 0 amide bonds. The molecule has 0 bridgehead atoms. The van der Waals surface area contributed by atoms with Crippen LogP contribution in [0.25, 0.3) is 0 Å². The van der Waals surface area contributed by atoms with Crippen LogP contribution in [-0.4, -0.2) is 18.1 Å². The van der Waals surface area contributed by atoms with E-state index in [1.54, 1.807) is 0 Å². The van der Waals surface area contributed by atoms with Gasteiger partial charge in [0.2, 0.25) is 0 Å². The zero-order valence-electron chi connectivity index (χ0n) is 9.70. The molecule has 0 aliphatic rings. The minimum Gasteiger partial charge on any atom is -0.357 e. The van der Waals surface area contributed by atoms with E-state index in [0.717, 1.165) is 11.5 Å². The second-order valence-corrected chi connectivity index (χ2v) is 4.14. The van der Waals surface area contributed by atoms with Crippen molar-refractivity contribution in [1.82, 2.24) is 4.98 Å². The van der Waals surface area contributed by atoms with Crippen LogP contribution in [0.1, 0.15) is 32.4 Å². The van der Waals surface area contributed by atoms with Crippen molar-refractivity contribution in [3.8, 4) is 0 Å². The molecule has 84 valence electrons. The van der Waals surface area contributed by atoms with E-state index in [2.05, 4.69) is 30.8 Å². The molecule has 0 radical (unpaired) electrons. The second-order valence-electron chi connectivity index (χ2n) is 3.87. The van der Waals surface area contributed by atoms with Gasteiger partial charge in [0.25, 0.3) is 0 Å². The van der Waals surface area contributed by atoms with Gasteiger partial charge in [0.1, 0.15) is 5.82 Å². The number of rotatable bonds is 5. The van der Waals surface area contributed by atoms with Crippen LogP contribution in [-0.2, 0) is 5.88 Å². The third kappa shape index (κ3) is 3.38. The Morgan fingerprint density at radius 2 is 2.20 bits per heavy atom. The monoisotopic (exact) mass is 226 g/mol. The third-order valence-electron chi connectivity index (χ3n) is 2.66. The Morgan fingerprint density at radius 3 is 2.80 bits per heavy atom. The predicted octanol–water partition coefficient (Wildman–Crippen LogP) is 3.45. The van der Waals surface area contributed by atoms with Crippen LogP contribution in [0.15, 0.2) is 18.2 Å². The summed E-state index contributed by atoms with van der Waals surface area (Å²) in [7, 11) is 2.08. The fourth-order valence-corrected chi connectivity index (χ4v) is 1.72. The third-order valence-corrected chi connectivity index (χ3v) is 2.93. The Hall–Kier alpha value is -0.760. The molecule has 0 aromatic carbocycles. The van der Waals surface area contributed by atoms with Gasteiger partial charge in [0.15, 0.2) is 0 Å². The topological polar surface area (TPSA) is 16.1 Å². The molecule has 15 heavy (non-hydrogen) atoms. The molecule has 0 saturated carbocycles. The Kier molecular flexibility index (Phi) is 4.89. The summed E-state index contributed by atoms with van der Waals surface area (Å²) in [6.07, 6.45) is 2.38. The number of nitrogens with zero attached hydrogens (tertiary/aromatic N) is 2. The normalized spacial score (nSPS) is 12.5. The van der Waals surface area contributed by atoms with Crippen molar-refractivity contribution in [2.24, 2.45) is 0 Å². The SMILES string of the molecule is CCCC(C)N(C)c1cccc(CCl)n1. The molecule has 0 aliphatic carbocycles. The van der Waals surface area contributed by atoms with E-state index in [-0.39, 0.29) is 0 Å². The van der Waals surface area contributed by atoms with Crippen molar-refractivity contribution >= 4 is 17.4 Å². The average Bonchev–Trinajstić information content (AvgIpc) is 2.28. The molecule has 1 aromatic rings. The lowest BCUT2D eigenvalue weighted by Gasteiger charge is -2.25. The summed E-state index contributed by atoms with van der Waals surface area (Å²) in [5.41, 5.74) is 0.935. The molecule has 2 nitrogen and oxygen atoms in total. The maximum Gasteiger partial charge on any atom is 0.128 e. The van der Waals surface area contributed by atoms with Crippen molar-refractivity contribution in [2.75, 3.05) is 11.9 Å². The Bertz CT molecular complexity index is 301. The molecule has 1 aromatic heterocycles. The van der Waals surface area contributed by atoms with Gasteiger partial charge in [0, 0.05) is 13.1 Å². The summed E-state index contributed by atoms with van der Waals surface area (Å²) < 4.78 is 0. The van der Waals surface area contributed by atoms with Crippen molar-refractivity contribution in [2.45, 2.75) is 38.6 Å².